The van der Waals surface area contributed by atoms with Crippen LogP contribution in [0.4, 0.5) is 0 Å². The number of rotatable bonds is 5. The van der Waals surface area contributed by atoms with Gasteiger partial charge in [0.1, 0.15) is 0 Å². The number of pyridine rings is 1. The molecule has 1 fully saturated rings. The van der Waals surface area contributed by atoms with E-state index in [-0.39, 0.29) is 17.7 Å². The van der Waals surface area contributed by atoms with Gasteiger partial charge in [-0.25, -0.2) is 0 Å². The Morgan fingerprint density at radius 2 is 1.73 bits per heavy atom. The van der Waals surface area contributed by atoms with Crippen LogP contribution in [0.25, 0.3) is 0 Å². The molecular formula is C21H23N3O2. The Morgan fingerprint density at radius 1 is 1.04 bits per heavy atom. The van der Waals surface area contributed by atoms with Gasteiger partial charge in [-0.1, -0.05) is 36.4 Å². The number of carbonyl (C=O) groups excluding carboxylic acids is 2. The van der Waals surface area contributed by atoms with Gasteiger partial charge in [0.2, 0.25) is 5.91 Å². The van der Waals surface area contributed by atoms with Crippen molar-refractivity contribution in [1.82, 2.24) is 14.8 Å². The summed E-state index contributed by atoms with van der Waals surface area (Å²) in [7, 11) is 0. The molecular weight excluding hydrogens is 326 g/mol. The highest BCUT2D eigenvalue weighted by Crippen LogP contribution is 2.22. The lowest BCUT2D eigenvalue weighted by molar-refractivity contribution is -0.132. The van der Waals surface area contributed by atoms with E-state index in [0.29, 0.717) is 38.2 Å². The van der Waals surface area contributed by atoms with Gasteiger partial charge in [-0.3, -0.25) is 14.6 Å². The quantitative estimate of drug-likeness (QED) is 0.780. The molecule has 1 aromatic carbocycles. The molecule has 2 aromatic rings. The SMILES string of the molecule is C=C[C@H](CC(=O)N1CCN(C(=O)c2cccnc2)CC1)c1ccccc1. The molecule has 0 aliphatic carbocycles. The first-order valence-corrected chi connectivity index (χ1v) is 8.83. The summed E-state index contributed by atoms with van der Waals surface area (Å²) in [6.45, 7) is 6.08. The van der Waals surface area contributed by atoms with Crippen molar-refractivity contribution in [3.63, 3.8) is 0 Å². The molecule has 0 N–H and O–H groups in total. The largest absolute Gasteiger partial charge is 0.339 e. The van der Waals surface area contributed by atoms with Crippen LogP contribution in [0.1, 0.15) is 28.3 Å². The standard InChI is InChI=1S/C21H23N3O2/c1-2-17(18-7-4-3-5-8-18)15-20(25)23-11-13-24(14-12-23)21(26)19-9-6-10-22-16-19/h2-10,16-17H,1,11-15H2/t17-/m1/s1. The summed E-state index contributed by atoms with van der Waals surface area (Å²) in [6, 6.07) is 13.5. The predicted octanol–water partition coefficient (Wildman–Crippen LogP) is 2.73. The molecule has 1 atom stereocenters. The van der Waals surface area contributed by atoms with Crippen molar-refractivity contribution in [2.75, 3.05) is 26.2 Å². The number of hydrogen-bond donors (Lipinski definition) is 0. The highest BCUT2D eigenvalue weighted by atomic mass is 16.2. The van der Waals surface area contributed by atoms with Crippen molar-refractivity contribution in [2.24, 2.45) is 0 Å². The van der Waals surface area contributed by atoms with Crippen LogP contribution in [0.5, 0.6) is 0 Å². The fourth-order valence-electron chi connectivity index (χ4n) is 3.19. The highest BCUT2D eigenvalue weighted by molar-refractivity contribution is 5.94. The second-order valence-electron chi connectivity index (χ2n) is 6.37. The van der Waals surface area contributed by atoms with Crippen LogP contribution in [0, 0.1) is 0 Å². The minimum atomic E-state index is -0.0292. The number of nitrogens with zero attached hydrogens (tertiary/aromatic N) is 3. The second-order valence-corrected chi connectivity index (χ2v) is 6.37. The summed E-state index contributed by atoms with van der Waals surface area (Å²) in [6.07, 6.45) is 5.46. The number of carbonyl (C=O) groups is 2. The predicted molar refractivity (Wildman–Crippen MR) is 101 cm³/mol. The van der Waals surface area contributed by atoms with Gasteiger partial charge in [0, 0.05) is 50.9 Å². The molecule has 1 aliphatic rings. The molecule has 5 nitrogen and oxygen atoms in total. The van der Waals surface area contributed by atoms with E-state index in [1.54, 1.807) is 29.4 Å². The van der Waals surface area contributed by atoms with E-state index in [9.17, 15) is 9.59 Å². The fourth-order valence-corrected chi connectivity index (χ4v) is 3.19. The third kappa shape index (κ3) is 4.17. The molecule has 0 spiro atoms. The maximum atomic E-state index is 12.7. The maximum Gasteiger partial charge on any atom is 0.255 e. The molecule has 1 saturated heterocycles. The Morgan fingerprint density at radius 3 is 2.35 bits per heavy atom. The molecule has 3 rings (SSSR count). The van der Waals surface area contributed by atoms with Crippen LogP contribution in [0.2, 0.25) is 0 Å². The smallest absolute Gasteiger partial charge is 0.255 e. The Kier molecular flexibility index (Phi) is 5.79. The lowest BCUT2D eigenvalue weighted by Gasteiger charge is -2.35. The number of amides is 2. The molecule has 26 heavy (non-hydrogen) atoms. The van der Waals surface area contributed by atoms with Crippen molar-refractivity contribution in [1.29, 1.82) is 0 Å². The van der Waals surface area contributed by atoms with Gasteiger partial charge in [0.15, 0.2) is 0 Å². The number of benzene rings is 1. The van der Waals surface area contributed by atoms with Crippen LogP contribution in [-0.4, -0.2) is 52.8 Å². The molecule has 1 aromatic heterocycles. The zero-order valence-electron chi connectivity index (χ0n) is 14.8. The van der Waals surface area contributed by atoms with Gasteiger partial charge < -0.3 is 9.80 Å². The Bertz CT molecular complexity index is 753. The number of allylic oxidation sites excluding steroid dienone is 1. The Balaban J connectivity index is 1.55. The van der Waals surface area contributed by atoms with E-state index in [4.69, 9.17) is 0 Å². The maximum absolute atomic E-state index is 12.7. The minimum Gasteiger partial charge on any atom is -0.339 e. The normalized spacial score (nSPS) is 15.4. The van der Waals surface area contributed by atoms with Crippen molar-refractivity contribution in [2.45, 2.75) is 12.3 Å². The number of piperazine rings is 1. The molecule has 1 aliphatic heterocycles. The van der Waals surface area contributed by atoms with Gasteiger partial charge in [-0.05, 0) is 17.7 Å². The lowest BCUT2D eigenvalue weighted by atomic mass is 9.95. The lowest BCUT2D eigenvalue weighted by Crippen LogP contribution is -2.50. The molecule has 0 saturated carbocycles. The molecule has 0 unspecified atom stereocenters. The van der Waals surface area contributed by atoms with Crippen LogP contribution in [-0.2, 0) is 4.79 Å². The topological polar surface area (TPSA) is 53.5 Å². The summed E-state index contributed by atoms with van der Waals surface area (Å²) >= 11 is 0. The third-order valence-electron chi connectivity index (χ3n) is 4.73. The van der Waals surface area contributed by atoms with Crippen LogP contribution in [0.3, 0.4) is 0 Å². The average Bonchev–Trinajstić information content (AvgIpc) is 2.72. The summed E-state index contributed by atoms with van der Waals surface area (Å²) in [5, 5.41) is 0. The summed E-state index contributed by atoms with van der Waals surface area (Å²) < 4.78 is 0. The fraction of sp³-hybridized carbons (Fsp3) is 0.286. The Hall–Kier alpha value is -2.95. The molecule has 5 heteroatoms. The molecule has 0 bridgehead atoms. The summed E-state index contributed by atoms with van der Waals surface area (Å²) in [4.78, 5) is 32.7. The van der Waals surface area contributed by atoms with E-state index in [1.807, 2.05) is 41.3 Å². The van der Waals surface area contributed by atoms with Crippen LogP contribution < -0.4 is 0 Å². The highest BCUT2D eigenvalue weighted by Gasteiger charge is 2.26. The molecule has 134 valence electrons. The zero-order chi connectivity index (χ0) is 18.4. The summed E-state index contributed by atoms with van der Waals surface area (Å²) in [5.74, 6) is 0.0874. The monoisotopic (exact) mass is 349 g/mol. The zero-order valence-corrected chi connectivity index (χ0v) is 14.8. The van der Waals surface area contributed by atoms with Crippen molar-refractivity contribution >= 4 is 11.8 Å². The third-order valence-corrected chi connectivity index (χ3v) is 4.73. The van der Waals surface area contributed by atoms with E-state index >= 15 is 0 Å². The van der Waals surface area contributed by atoms with E-state index < -0.39 is 0 Å². The van der Waals surface area contributed by atoms with Gasteiger partial charge in [-0.15, -0.1) is 6.58 Å². The van der Waals surface area contributed by atoms with E-state index in [0.717, 1.165) is 5.56 Å². The molecule has 2 heterocycles. The van der Waals surface area contributed by atoms with Gasteiger partial charge in [-0.2, -0.15) is 0 Å². The van der Waals surface area contributed by atoms with Crippen molar-refractivity contribution in [3.8, 4) is 0 Å². The molecule has 0 radical (unpaired) electrons. The van der Waals surface area contributed by atoms with Crippen LogP contribution in [0.15, 0.2) is 67.5 Å². The first-order chi connectivity index (χ1) is 12.7. The van der Waals surface area contributed by atoms with E-state index in [1.165, 1.54) is 0 Å². The van der Waals surface area contributed by atoms with Gasteiger partial charge in [0.05, 0.1) is 5.56 Å². The summed E-state index contributed by atoms with van der Waals surface area (Å²) in [5.41, 5.74) is 1.68. The van der Waals surface area contributed by atoms with Gasteiger partial charge in [0.25, 0.3) is 5.91 Å². The van der Waals surface area contributed by atoms with Crippen molar-refractivity contribution in [3.05, 3.63) is 78.6 Å². The van der Waals surface area contributed by atoms with E-state index in [2.05, 4.69) is 11.6 Å². The first kappa shape index (κ1) is 17.9. The molecule has 2 amide bonds. The van der Waals surface area contributed by atoms with Crippen LogP contribution >= 0.6 is 0 Å². The second kappa shape index (κ2) is 8.43. The average molecular weight is 349 g/mol. The number of aromatic nitrogens is 1. The minimum absolute atomic E-state index is 0.0127. The first-order valence-electron chi connectivity index (χ1n) is 8.83. The van der Waals surface area contributed by atoms with Crippen molar-refractivity contribution < 1.29 is 9.59 Å². The number of hydrogen-bond acceptors (Lipinski definition) is 3. The Labute approximate surface area is 154 Å². The van der Waals surface area contributed by atoms with Gasteiger partial charge >= 0.3 is 0 Å².